The Bertz CT molecular complexity index is 975. The number of nitrogens with zero attached hydrogens (tertiary/aromatic N) is 4. The molecule has 2 aliphatic rings. The van der Waals surface area contributed by atoms with Crippen LogP contribution in [0.25, 0.3) is 11.2 Å². The minimum Gasteiger partial charge on any atom is -0.455 e. The van der Waals surface area contributed by atoms with Crippen molar-refractivity contribution in [1.82, 2.24) is 19.5 Å². The highest BCUT2D eigenvalue weighted by Gasteiger charge is 2.54. The van der Waals surface area contributed by atoms with Gasteiger partial charge in [-0.05, 0) is 34.2 Å². The number of anilines is 1. The van der Waals surface area contributed by atoms with Gasteiger partial charge in [0.15, 0.2) is 34.0 Å². The van der Waals surface area contributed by atoms with E-state index < -0.39 is 37.2 Å². The topological polar surface area (TPSA) is 144 Å². The number of rotatable bonds is 4. The molecule has 14 heteroatoms. The lowest BCUT2D eigenvalue weighted by Crippen LogP contribution is -2.41. The van der Waals surface area contributed by atoms with E-state index in [1.165, 1.54) is 6.33 Å². The molecule has 0 bridgehead atoms. The molecule has 28 heavy (non-hydrogen) atoms. The summed E-state index contributed by atoms with van der Waals surface area (Å²) in [6.45, 7) is -1.57. The number of esters is 1. The third-order valence-electron chi connectivity index (χ3n) is 4.38. The Kier molecular flexibility index (Phi) is 5.42. The molecule has 0 amide bonds. The number of halogens is 1. The van der Waals surface area contributed by atoms with E-state index in [9.17, 15) is 9.69 Å². The molecule has 2 aromatic heterocycles. The van der Waals surface area contributed by atoms with Crippen LogP contribution in [0.2, 0.25) is 0 Å². The first-order valence-electron chi connectivity index (χ1n) is 8.45. The highest BCUT2D eigenvalue weighted by Crippen LogP contribution is 2.53. The number of imidazole rings is 1. The lowest BCUT2D eigenvalue weighted by atomic mass is 10.1. The van der Waals surface area contributed by atoms with Gasteiger partial charge in [0.2, 0.25) is 0 Å². The summed E-state index contributed by atoms with van der Waals surface area (Å²) in [4.78, 5) is 34.8. The molecule has 4 heterocycles. The normalized spacial score (nSPS) is 32.4. The van der Waals surface area contributed by atoms with Gasteiger partial charge in [0.05, 0.1) is 6.61 Å². The number of nitrogens with two attached hydrogens (primary N) is 1. The zero-order valence-electron chi connectivity index (χ0n) is 14.6. The van der Waals surface area contributed by atoms with E-state index in [0.717, 1.165) is 0 Å². The summed E-state index contributed by atoms with van der Waals surface area (Å²) in [7, 11) is 0. The number of fused-ring (bicyclic) bond motifs is 2. The standard InChI is InChI=1S/C14H17BrN5O6PS/c1-2-3-7(21)25-10-9-6(4-23-27(22,28)26-9)24-13(10)20-12-8(19-14(20)15)11(16)17-5-18-12/h5-6,9-10,13H,2-4H2,1H3,(H,22,28)(H2,16,17,18)/t6?,9?,10-,13+,27?/m0/s1. The van der Waals surface area contributed by atoms with Gasteiger partial charge in [0.1, 0.15) is 18.5 Å². The Morgan fingerprint density at radius 1 is 1.57 bits per heavy atom. The molecular formula is C14H17BrN5O6PS. The molecule has 11 nitrogen and oxygen atoms in total. The minimum absolute atomic E-state index is 0.0120. The van der Waals surface area contributed by atoms with Crippen molar-refractivity contribution in [2.24, 2.45) is 0 Å². The van der Waals surface area contributed by atoms with Gasteiger partial charge in [-0.2, -0.15) is 0 Å². The van der Waals surface area contributed by atoms with Crippen molar-refractivity contribution in [3.8, 4) is 0 Å². The number of carbonyl (C=O) groups is 1. The quantitative estimate of drug-likeness (QED) is 0.362. The summed E-state index contributed by atoms with van der Waals surface area (Å²) in [6, 6.07) is 0. The van der Waals surface area contributed by atoms with Gasteiger partial charge in [0, 0.05) is 6.42 Å². The Morgan fingerprint density at radius 3 is 3.11 bits per heavy atom. The van der Waals surface area contributed by atoms with Crippen LogP contribution in [0.1, 0.15) is 26.0 Å². The van der Waals surface area contributed by atoms with Gasteiger partial charge in [0.25, 0.3) is 0 Å². The molecule has 0 saturated carbocycles. The summed E-state index contributed by atoms with van der Waals surface area (Å²) in [6.07, 6.45) is -0.987. The van der Waals surface area contributed by atoms with Crippen LogP contribution in [-0.2, 0) is 35.1 Å². The highest BCUT2D eigenvalue weighted by atomic mass is 79.9. The van der Waals surface area contributed by atoms with Crippen LogP contribution in [0.3, 0.4) is 0 Å². The van der Waals surface area contributed by atoms with E-state index in [1.807, 2.05) is 6.92 Å². The first kappa shape index (κ1) is 20.1. The lowest BCUT2D eigenvalue weighted by molar-refractivity contribution is -0.158. The van der Waals surface area contributed by atoms with E-state index in [0.29, 0.717) is 22.3 Å². The fraction of sp³-hybridized carbons (Fsp3) is 0.571. The van der Waals surface area contributed by atoms with Crippen LogP contribution in [0, 0.1) is 0 Å². The average Bonchev–Trinajstić information content (AvgIpc) is 3.12. The summed E-state index contributed by atoms with van der Waals surface area (Å²) in [5, 5.41) is 0. The number of carbonyl (C=O) groups excluding carboxylic acids is 1. The minimum atomic E-state index is -3.44. The lowest BCUT2D eigenvalue weighted by Gasteiger charge is -2.31. The van der Waals surface area contributed by atoms with E-state index in [2.05, 4.69) is 30.9 Å². The Labute approximate surface area is 172 Å². The van der Waals surface area contributed by atoms with Gasteiger partial charge in [-0.25, -0.2) is 15.0 Å². The smallest absolute Gasteiger partial charge is 0.325 e. The number of hydrogen-bond donors (Lipinski definition) is 2. The van der Waals surface area contributed by atoms with Crippen LogP contribution in [0.5, 0.6) is 0 Å². The van der Waals surface area contributed by atoms with Gasteiger partial charge in [-0.1, -0.05) is 6.92 Å². The SMILES string of the molecule is CCCC(=O)O[C@H]1C2OP(O)(=S)OCC2O[C@H]1n1c(Br)nc2c(N)ncnc21. The maximum Gasteiger partial charge on any atom is 0.325 e. The molecular weight excluding hydrogens is 477 g/mol. The fourth-order valence-corrected chi connectivity index (χ4v) is 5.18. The molecule has 2 aliphatic heterocycles. The van der Waals surface area contributed by atoms with E-state index in [1.54, 1.807) is 4.57 Å². The summed E-state index contributed by atoms with van der Waals surface area (Å²) < 4.78 is 24.4. The van der Waals surface area contributed by atoms with Crippen molar-refractivity contribution in [3.05, 3.63) is 11.1 Å². The van der Waals surface area contributed by atoms with E-state index in [4.69, 9.17) is 36.1 Å². The summed E-state index contributed by atoms with van der Waals surface area (Å²) >= 11 is 8.33. The molecule has 5 atom stereocenters. The second-order valence-electron chi connectivity index (χ2n) is 6.29. The van der Waals surface area contributed by atoms with Gasteiger partial charge in [-0.15, -0.1) is 0 Å². The molecule has 152 valence electrons. The predicted octanol–water partition coefficient (Wildman–Crippen LogP) is 1.41. The molecule has 2 saturated heterocycles. The largest absolute Gasteiger partial charge is 0.455 e. The van der Waals surface area contributed by atoms with Gasteiger partial charge >= 0.3 is 12.7 Å². The Balaban J connectivity index is 1.76. The van der Waals surface area contributed by atoms with Crippen LogP contribution < -0.4 is 5.73 Å². The zero-order valence-corrected chi connectivity index (χ0v) is 17.9. The number of nitrogen functional groups attached to an aromatic ring is 1. The third kappa shape index (κ3) is 3.56. The number of aromatic nitrogens is 4. The van der Waals surface area contributed by atoms with Crippen LogP contribution in [-0.4, -0.2) is 55.3 Å². The zero-order chi connectivity index (χ0) is 20.1. The molecule has 4 rings (SSSR count). The van der Waals surface area contributed by atoms with Crippen molar-refractivity contribution >= 4 is 57.4 Å². The van der Waals surface area contributed by atoms with E-state index >= 15 is 0 Å². The Morgan fingerprint density at radius 2 is 2.36 bits per heavy atom. The van der Waals surface area contributed by atoms with Crippen molar-refractivity contribution < 1.29 is 28.2 Å². The van der Waals surface area contributed by atoms with Crippen molar-refractivity contribution in [2.45, 2.75) is 44.3 Å². The molecule has 3 N–H and O–H groups in total. The number of ether oxygens (including phenoxy) is 2. The second kappa shape index (κ2) is 7.56. The molecule has 2 fully saturated rings. The first-order valence-corrected chi connectivity index (χ1v) is 11.8. The average molecular weight is 494 g/mol. The van der Waals surface area contributed by atoms with E-state index in [-0.39, 0.29) is 18.8 Å². The van der Waals surface area contributed by atoms with Crippen molar-refractivity contribution in [2.75, 3.05) is 12.3 Å². The summed E-state index contributed by atoms with van der Waals surface area (Å²) in [5.74, 6) is -0.220. The molecule has 2 aromatic rings. The van der Waals surface area contributed by atoms with Gasteiger partial charge < -0.3 is 24.6 Å². The fourth-order valence-electron chi connectivity index (χ4n) is 3.19. The van der Waals surface area contributed by atoms with Crippen molar-refractivity contribution in [1.29, 1.82) is 0 Å². The molecule has 0 radical (unpaired) electrons. The van der Waals surface area contributed by atoms with Crippen LogP contribution in [0.4, 0.5) is 5.82 Å². The van der Waals surface area contributed by atoms with Crippen molar-refractivity contribution in [3.63, 3.8) is 0 Å². The summed E-state index contributed by atoms with van der Waals surface area (Å²) in [5.41, 5.74) is 6.65. The van der Waals surface area contributed by atoms with Gasteiger partial charge in [-0.3, -0.25) is 13.9 Å². The molecule has 0 spiro atoms. The highest BCUT2D eigenvalue weighted by molar-refractivity contribution is 9.10. The maximum atomic E-state index is 12.2. The number of hydrogen-bond acceptors (Lipinski definition) is 10. The monoisotopic (exact) mass is 493 g/mol. The first-order chi connectivity index (χ1) is 13.3. The molecule has 0 aliphatic carbocycles. The predicted molar refractivity (Wildman–Crippen MR) is 103 cm³/mol. The maximum absolute atomic E-state index is 12.2. The van der Waals surface area contributed by atoms with Crippen LogP contribution >= 0.6 is 22.6 Å². The third-order valence-corrected chi connectivity index (χ3v) is 6.50. The molecule has 3 unspecified atom stereocenters. The van der Waals surface area contributed by atoms with Crippen LogP contribution in [0.15, 0.2) is 11.1 Å². The molecule has 0 aromatic carbocycles. The second-order valence-corrected chi connectivity index (χ2v) is 9.79. The Hall–Kier alpha value is -1.21.